The Morgan fingerprint density at radius 1 is 1.25 bits per heavy atom. The Bertz CT molecular complexity index is 722. The normalized spacial score (nSPS) is 21.2. The average molecular weight is 326 g/mol. The zero-order chi connectivity index (χ0) is 17.3. The third-order valence-electron chi connectivity index (χ3n) is 5.03. The second-order valence-electron chi connectivity index (χ2n) is 6.92. The van der Waals surface area contributed by atoms with Crippen LogP contribution in [0.25, 0.3) is 0 Å². The van der Waals surface area contributed by atoms with Crippen molar-refractivity contribution in [2.45, 2.75) is 27.3 Å². The first-order valence-corrected chi connectivity index (χ1v) is 8.53. The second-order valence-corrected chi connectivity index (χ2v) is 6.92. The van der Waals surface area contributed by atoms with Gasteiger partial charge in [-0.2, -0.15) is 5.10 Å². The van der Waals surface area contributed by atoms with E-state index in [1.807, 2.05) is 31.6 Å². The number of hydrogen-bond donors (Lipinski definition) is 1. The largest absolute Gasteiger partial charge is 0.323 e. The molecular weight excluding hydrogens is 300 g/mol. The lowest BCUT2D eigenvalue weighted by atomic mass is 9.97. The van der Waals surface area contributed by atoms with E-state index in [9.17, 15) is 4.79 Å². The maximum absolute atomic E-state index is 12.8. The van der Waals surface area contributed by atoms with E-state index in [4.69, 9.17) is 0 Å². The molecule has 128 valence electrons. The number of anilines is 1. The number of benzene rings is 1. The predicted molar refractivity (Wildman–Crippen MR) is 95.7 cm³/mol. The summed E-state index contributed by atoms with van der Waals surface area (Å²) in [5, 5.41) is 7.48. The molecule has 24 heavy (non-hydrogen) atoms. The highest BCUT2D eigenvalue weighted by molar-refractivity contribution is 5.94. The number of carbonyl (C=O) groups excluding carboxylic acids is 1. The standard InChI is InChI=1S/C19H26N4O/c1-13-10-23(11-16-8-6-5-7-9-16)12-17(13)19(24)20-18-14(2)21-22(4)15(18)3/h5-9,13,17H,10-12H2,1-4H3,(H,20,24)/t13-,17-/m1/s1. The van der Waals surface area contributed by atoms with Crippen LogP contribution < -0.4 is 5.32 Å². The monoisotopic (exact) mass is 326 g/mol. The molecule has 1 saturated heterocycles. The van der Waals surface area contributed by atoms with Crippen molar-refractivity contribution in [3.8, 4) is 0 Å². The molecule has 1 fully saturated rings. The van der Waals surface area contributed by atoms with E-state index < -0.39 is 0 Å². The molecule has 1 aliphatic heterocycles. The molecule has 2 heterocycles. The molecule has 0 saturated carbocycles. The lowest BCUT2D eigenvalue weighted by Gasteiger charge is -2.16. The number of nitrogens with zero attached hydrogens (tertiary/aromatic N) is 3. The minimum Gasteiger partial charge on any atom is -0.323 e. The minimum absolute atomic E-state index is 0.0210. The fourth-order valence-electron chi connectivity index (χ4n) is 3.55. The van der Waals surface area contributed by atoms with Gasteiger partial charge in [0.1, 0.15) is 0 Å². The van der Waals surface area contributed by atoms with Gasteiger partial charge >= 0.3 is 0 Å². The van der Waals surface area contributed by atoms with Gasteiger partial charge in [0.2, 0.25) is 5.91 Å². The van der Waals surface area contributed by atoms with Gasteiger partial charge in [-0.3, -0.25) is 14.4 Å². The van der Waals surface area contributed by atoms with Crippen molar-refractivity contribution in [1.29, 1.82) is 0 Å². The molecule has 2 atom stereocenters. The SMILES string of the molecule is Cc1nn(C)c(C)c1NC(=O)[C@@H]1CN(Cc2ccccc2)C[C@H]1C. The maximum Gasteiger partial charge on any atom is 0.229 e. The fraction of sp³-hybridized carbons (Fsp3) is 0.474. The van der Waals surface area contributed by atoms with Crippen LogP contribution in [0.5, 0.6) is 0 Å². The van der Waals surface area contributed by atoms with Gasteiger partial charge in [-0.15, -0.1) is 0 Å². The highest BCUT2D eigenvalue weighted by Crippen LogP contribution is 2.27. The van der Waals surface area contributed by atoms with Crippen LogP contribution in [-0.4, -0.2) is 33.7 Å². The van der Waals surface area contributed by atoms with Gasteiger partial charge in [-0.05, 0) is 25.3 Å². The van der Waals surface area contributed by atoms with Gasteiger partial charge in [-0.25, -0.2) is 0 Å². The zero-order valence-corrected chi connectivity index (χ0v) is 14.9. The lowest BCUT2D eigenvalue weighted by molar-refractivity contribution is -0.120. The number of rotatable bonds is 4. The first-order chi connectivity index (χ1) is 11.5. The zero-order valence-electron chi connectivity index (χ0n) is 14.9. The summed E-state index contributed by atoms with van der Waals surface area (Å²) in [5.74, 6) is 0.482. The van der Waals surface area contributed by atoms with Crippen LogP contribution in [0.2, 0.25) is 0 Å². The number of amides is 1. The molecule has 0 spiro atoms. The number of carbonyl (C=O) groups is 1. The molecule has 0 bridgehead atoms. The maximum atomic E-state index is 12.8. The van der Waals surface area contributed by atoms with Crippen LogP contribution in [0, 0.1) is 25.7 Å². The molecule has 2 aromatic rings. The topological polar surface area (TPSA) is 50.2 Å². The highest BCUT2D eigenvalue weighted by Gasteiger charge is 2.35. The molecule has 1 aliphatic rings. The number of aryl methyl sites for hydroxylation is 2. The minimum atomic E-state index is 0.0210. The Labute approximate surface area is 143 Å². The van der Waals surface area contributed by atoms with Crippen LogP contribution in [0.15, 0.2) is 30.3 Å². The molecule has 1 amide bonds. The van der Waals surface area contributed by atoms with Crippen molar-refractivity contribution in [1.82, 2.24) is 14.7 Å². The van der Waals surface area contributed by atoms with Crippen molar-refractivity contribution in [3.63, 3.8) is 0 Å². The molecule has 0 radical (unpaired) electrons. The van der Waals surface area contributed by atoms with Gasteiger partial charge in [0.25, 0.3) is 0 Å². The van der Waals surface area contributed by atoms with E-state index in [0.717, 1.165) is 36.7 Å². The van der Waals surface area contributed by atoms with Gasteiger partial charge in [-0.1, -0.05) is 37.3 Å². The van der Waals surface area contributed by atoms with Gasteiger partial charge in [0.15, 0.2) is 0 Å². The van der Waals surface area contributed by atoms with E-state index in [0.29, 0.717) is 5.92 Å². The molecular formula is C19H26N4O. The van der Waals surface area contributed by atoms with Crippen molar-refractivity contribution < 1.29 is 4.79 Å². The number of likely N-dealkylation sites (tertiary alicyclic amines) is 1. The number of aromatic nitrogens is 2. The van der Waals surface area contributed by atoms with Crippen LogP contribution in [0.3, 0.4) is 0 Å². The van der Waals surface area contributed by atoms with Crippen molar-refractivity contribution in [2.75, 3.05) is 18.4 Å². The van der Waals surface area contributed by atoms with Crippen molar-refractivity contribution in [2.24, 2.45) is 18.9 Å². The summed E-state index contributed by atoms with van der Waals surface area (Å²) < 4.78 is 1.81. The van der Waals surface area contributed by atoms with Crippen LogP contribution >= 0.6 is 0 Å². The average Bonchev–Trinajstić information content (AvgIpc) is 3.03. The van der Waals surface area contributed by atoms with Crippen LogP contribution in [0.1, 0.15) is 23.9 Å². The Hall–Kier alpha value is -2.14. The van der Waals surface area contributed by atoms with Crippen LogP contribution in [0.4, 0.5) is 5.69 Å². The van der Waals surface area contributed by atoms with E-state index in [-0.39, 0.29) is 11.8 Å². The van der Waals surface area contributed by atoms with E-state index in [1.54, 1.807) is 0 Å². The summed E-state index contributed by atoms with van der Waals surface area (Å²) in [6.07, 6.45) is 0. The molecule has 5 nitrogen and oxygen atoms in total. The van der Waals surface area contributed by atoms with E-state index in [1.165, 1.54) is 5.56 Å². The van der Waals surface area contributed by atoms with Gasteiger partial charge in [0.05, 0.1) is 23.0 Å². The fourth-order valence-corrected chi connectivity index (χ4v) is 3.55. The molecule has 1 aromatic carbocycles. The summed E-state index contributed by atoms with van der Waals surface area (Å²) >= 11 is 0. The Kier molecular flexibility index (Phi) is 4.71. The van der Waals surface area contributed by atoms with Gasteiger partial charge < -0.3 is 5.32 Å². The molecule has 1 aromatic heterocycles. The van der Waals surface area contributed by atoms with E-state index >= 15 is 0 Å². The quantitative estimate of drug-likeness (QED) is 0.940. The summed E-state index contributed by atoms with van der Waals surface area (Å²) in [4.78, 5) is 15.1. The first kappa shape index (κ1) is 16.7. The smallest absolute Gasteiger partial charge is 0.229 e. The Balaban J connectivity index is 1.65. The highest BCUT2D eigenvalue weighted by atomic mass is 16.2. The van der Waals surface area contributed by atoms with Crippen molar-refractivity contribution in [3.05, 3.63) is 47.3 Å². The summed E-state index contributed by atoms with van der Waals surface area (Å²) in [6.45, 7) is 8.74. The first-order valence-electron chi connectivity index (χ1n) is 8.53. The summed E-state index contributed by atoms with van der Waals surface area (Å²) in [7, 11) is 1.90. The third-order valence-corrected chi connectivity index (χ3v) is 5.03. The Morgan fingerprint density at radius 2 is 1.96 bits per heavy atom. The molecule has 0 aliphatic carbocycles. The molecule has 1 N–H and O–H groups in total. The lowest BCUT2D eigenvalue weighted by Crippen LogP contribution is -2.29. The number of hydrogen-bond acceptors (Lipinski definition) is 3. The molecule has 0 unspecified atom stereocenters. The number of nitrogens with one attached hydrogen (secondary N) is 1. The summed E-state index contributed by atoms with van der Waals surface area (Å²) in [6, 6.07) is 10.4. The van der Waals surface area contributed by atoms with Crippen LogP contribution in [-0.2, 0) is 18.4 Å². The third kappa shape index (κ3) is 3.36. The second kappa shape index (κ2) is 6.77. The molecule has 5 heteroatoms. The molecule has 3 rings (SSSR count). The van der Waals surface area contributed by atoms with Gasteiger partial charge in [0, 0.05) is 26.7 Å². The van der Waals surface area contributed by atoms with E-state index in [2.05, 4.69) is 46.5 Å². The predicted octanol–water partition coefficient (Wildman–Crippen LogP) is 2.74. The summed E-state index contributed by atoms with van der Waals surface area (Å²) in [5.41, 5.74) is 4.02. The van der Waals surface area contributed by atoms with Crippen molar-refractivity contribution >= 4 is 11.6 Å². The Morgan fingerprint density at radius 3 is 2.58 bits per heavy atom.